The maximum Gasteiger partial charge on any atom is 0.338 e. The van der Waals surface area contributed by atoms with Crippen molar-refractivity contribution in [1.29, 1.82) is 0 Å². The molecule has 1 fully saturated rings. The number of pyridine rings is 1. The SMILES string of the molecule is COC(=O)c1ccncc1-c1ccc(C#Cc2ccc(CN3CCOCC3)cc2)cc1N. The van der Waals surface area contributed by atoms with Crippen LogP contribution in [0.1, 0.15) is 27.0 Å². The van der Waals surface area contributed by atoms with Gasteiger partial charge in [0.1, 0.15) is 0 Å². The highest BCUT2D eigenvalue weighted by atomic mass is 16.5. The van der Waals surface area contributed by atoms with E-state index in [-0.39, 0.29) is 0 Å². The zero-order valence-electron chi connectivity index (χ0n) is 18.0. The van der Waals surface area contributed by atoms with Gasteiger partial charge in [0.05, 0.1) is 25.9 Å². The molecule has 3 aromatic rings. The van der Waals surface area contributed by atoms with E-state index in [1.54, 1.807) is 18.5 Å². The number of morpholine rings is 1. The van der Waals surface area contributed by atoms with Crippen molar-refractivity contribution in [3.63, 3.8) is 0 Å². The molecule has 1 aromatic heterocycles. The minimum absolute atomic E-state index is 0.421. The van der Waals surface area contributed by atoms with Crippen molar-refractivity contribution in [2.75, 3.05) is 39.1 Å². The van der Waals surface area contributed by atoms with E-state index in [4.69, 9.17) is 15.2 Å². The molecule has 1 saturated heterocycles. The summed E-state index contributed by atoms with van der Waals surface area (Å²) in [6.45, 7) is 4.47. The van der Waals surface area contributed by atoms with E-state index >= 15 is 0 Å². The van der Waals surface area contributed by atoms with Crippen molar-refractivity contribution in [1.82, 2.24) is 9.88 Å². The van der Waals surface area contributed by atoms with Gasteiger partial charge in [0.15, 0.2) is 0 Å². The molecule has 162 valence electrons. The Balaban J connectivity index is 1.49. The fraction of sp³-hybridized carbons (Fsp3) is 0.231. The van der Waals surface area contributed by atoms with Gasteiger partial charge >= 0.3 is 5.97 Å². The molecule has 0 aliphatic carbocycles. The summed E-state index contributed by atoms with van der Waals surface area (Å²) in [5, 5.41) is 0. The van der Waals surface area contributed by atoms with E-state index in [0.29, 0.717) is 16.8 Å². The van der Waals surface area contributed by atoms with Gasteiger partial charge in [-0.2, -0.15) is 0 Å². The van der Waals surface area contributed by atoms with Gasteiger partial charge in [-0.1, -0.05) is 30.0 Å². The molecule has 0 amide bonds. The number of hydrogen-bond acceptors (Lipinski definition) is 6. The second kappa shape index (κ2) is 10.1. The van der Waals surface area contributed by atoms with Crippen LogP contribution in [-0.4, -0.2) is 49.3 Å². The molecule has 0 unspecified atom stereocenters. The number of esters is 1. The summed E-state index contributed by atoms with van der Waals surface area (Å²) >= 11 is 0. The fourth-order valence-electron chi connectivity index (χ4n) is 3.64. The van der Waals surface area contributed by atoms with Gasteiger partial charge in [0.2, 0.25) is 0 Å². The summed E-state index contributed by atoms with van der Waals surface area (Å²) in [5.41, 5.74) is 11.6. The summed E-state index contributed by atoms with van der Waals surface area (Å²) < 4.78 is 10.3. The van der Waals surface area contributed by atoms with Gasteiger partial charge in [-0.25, -0.2) is 4.79 Å². The first-order valence-electron chi connectivity index (χ1n) is 10.5. The first kappa shape index (κ1) is 21.6. The summed E-state index contributed by atoms with van der Waals surface area (Å²) in [6, 6.07) is 15.5. The zero-order valence-corrected chi connectivity index (χ0v) is 18.0. The van der Waals surface area contributed by atoms with Crippen molar-refractivity contribution >= 4 is 11.7 Å². The van der Waals surface area contributed by atoms with E-state index in [1.165, 1.54) is 12.7 Å². The first-order chi connectivity index (χ1) is 15.6. The lowest BCUT2D eigenvalue weighted by Gasteiger charge is -2.26. The third kappa shape index (κ3) is 5.14. The molecule has 2 N–H and O–H groups in total. The Morgan fingerprint density at radius 3 is 2.50 bits per heavy atom. The number of carbonyl (C=O) groups excluding carboxylic acids is 1. The first-order valence-corrected chi connectivity index (χ1v) is 10.5. The van der Waals surface area contributed by atoms with Crippen molar-refractivity contribution in [2.24, 2.45) is 0 Å². The molecule has 4 rings (SSSR count). The van der Waals surface area contributed by atoms with Crippen molar-refractivity contribution < 1.29 is 14.3 Å². The lowest BCUT2D eigenvalue weighted by atomic mass is 9.99. The summed E-state index contributed by atoms with van der Waals surface area (Å²) in [4.78, 5) is 18.6. The molecule has 6 nitrogen and oxygen atoms in total. The minimum Gasteiger partial charge on any atom is -0.465 e. The number of hydrogen-bond donors (Lipinski definition) is 1. The van der Waals surface area contributed by atoms with Crippen LogP contribution in [-0.2, 0) is 16.0 Å². The minimum atomic E-state index is -0.428. The molecule has 0 bridgehead atoms. The number of carbonyl (C=O) groups is 1. The smallest absolute Gasteiger partial charge is 0.338 e. The third-order valence-electron chi connectivity index (χ3n) is 5.38. The standard InChI is InChI=1S/C26H25N3O3/c1-31-26(30)23-10-11-28-17-24(23)22-9-8-20(16-25(22)27)5-2-19-3-6-21(7-4-19)18-29-12-14-32-15-13-29/h3-4,6-11,16-17H,12-15,18,27H2,1H3. The molecule has 1 aliphatic rings. The van der Waals surface area contributed by atoms with E-state index < -0.39 is 5.97 Å². The highest BCUT2D eigenvalue weighted by Crippen LogP contribution is 2.29. The van der Waals surface area contributed by atoms with E-state index in [1.807, 2.05) is 30.3 Å². The third-order valence-corrected chi connectivity index (χ3v) is 5.38. The molecule has 32 heavy (non-hydrogen) atoms. The van der Waals surface area contributed by atoms with E-state index in [2.05, 4.69) is 33.9 Å². The second-order valence-electron chi connectivity index (χ2n) is 7.55. The number of nitrogens with zero attached hydrogens (tertiary/aromatic N) is 2. The largest absolute Gasteiger partial charge is 0.465 e. The van der Waals surface area contributed by atoms with Gasteiger partial charge in [0.25, 0.3) is 0 Å². The number of methoxy groups -OCH3 is 1. The van der Waals surface area contributed by atoms with Gasteiger partial charge < -0.3 is 15.2 Å². The molecule has 0 atom stereocenters. The Bertz CT molecular complexity index is 1160. The number of rotatable bonds is 4. The van der Waals surface area contributed by atoms with Crippen LogP contribution < -0.4 is 5.73 Å². The normalized spacial score (nSPS) is 13.8. The lowest BCUT2D eigenvalue weighted by Crippen LogP contribution is -2.35. The van der Waals surface area contributed by atoms with Crippen LogP contribution in [0.5, 0.6) is 0 Å². The molecule has 1 aliphatic heterocycles. The molecular weight excluding hydrogens is 402 g/mol. The van der Waals surface area contributed by atoms with Crippen molar-refractivity contribution in [3.8, 4) is 23.0 Å². The van der Waals surface area contributed by atoms with Crippen LogP contribution in [0.3, 0.4) is 0 Å². The summed E-state index contributed by atoms with van der Waals surface area (Å²) in [6.07, 6.45) is 3.17. The maximum atomic E-state index is 12.1. The van der Waals surface area contributed by atoms with Crippen molar-refractivity contribution in [2.45, 2.75) is 6.54 Å². The molecule has 2 heterocycles. The van der Waals surface area contributed by atoms with Crippen LogP contribution in [0, 0.1) is 11.8 Å². The number of ether oxygens (including phenoxy) is 2. The predicted octanol–water partition coefficient (Wildman–Crippen LogP) is 3.35. The molecule has 0 spiro atoms. The van der Waals surface area contributed by atoms with E-state index in [9.17, 15) is 4.79 Å². The van der Waals surface area contributed by atoms with Gasteiger partial charge in [-0.15, -0.1) is 0 Å². The quantitative estimate of drug-likeness (QED) is 0.391. The summed E-state index contributed by atoms with van der Waals surface area (Å²) in [5.74, 6) is 5.93. The Morgan fingerprint density at radius 1 is 1.06 bits per heavy atom. The van der Waals surface area contributed by atoms with Crippen LogP contribution >= 0.6 is 0 Å². The monoisotopic (exact) mass is 427 g/mol. The van der Waals surface area contributed by atoms with E-state index in [0.717, 1.165) is 49.5 Å². The maximum absolute atomic E-state index is 12.1. The predicted molar refractivity (Wildman–Crippen MR) is 124 cm³/mol. The van der Waals surface area contributed by atoms with Crippen LogP contribution in [0.2, 0.25) is 0 Å². The average molecular weight is 428 g/mol. The van der Waals surface area contributed by atoms with Crippen LogP contribution in [0.25, 0.3) is 11.1 Å². The molecule has 2 aromatic carbocycles. The Labute approximate surface area is 188 Å². The van der Waals surface area contributed by atoms with Gasteiger partial charge in [0, 0.05) is 60.0 Å². The highest BCUT2D eigenvalue weighted by molar-refractivity contribution is 5.98. The fourth-order valence-corrected chi connectivity index (χ4v) is 3.64. The number of anilines is 1. The Kier molecular flexibility index (Phi) is 6.81. The molecule has 0 radical (unpaired) electrons. The number of aromatic nitrogens is 1. The number of nitrogen functional groups attached to an aromatic ring is 1. The van der Waals surface area contributed by atoms with Crippen LogP contribution in [0.15, 0.2) is 60.9 Å². The molecule has 0 saturated carbocycles. The average Bonchev–Trinajstić information content (AvgIpc) is 2.84. The van der Waals surface area contributed by atoms with Crippen LogP contribution in [0.4, 0.5) is 5.69 Å². The number of benzene rings is 2. The Morgan fingerprint density at radius 2 is 1.78 bits per heavy atom. The molecule has 6 heteroatoms. The zero-order chi connectivity index (χ0) is 22.3. The Hall–Kier alpha value is -3.66. The lowest BCUT2D eigenvalue weighted by molar-refractivity contribution is 0.0342. The van der Waals surface area contributed by atoms with Crippen molar-refractivity contribution in [3.05, 3.63) is 83.2 Å². The summed E-state index contributed by atoms with van der Waals surface area (Å²) in [7, 11) is 1.35. The second-order valence-corrected chi connectivity index (χ2v) is 7.55. The van der Waals surface area contributed by atoms with Gasteiger partial charge in [-0.3, -0.25) is 9.88 Å². The van der Waals surface area contributed by atoms with Gasteiger partial charge in [-0.05, 0) is 35.9 Å². The topological polar surface area (TPSA) is 77.7 Å². The highest BCUT2D eigenvalue weighted by Gasteiger charge is 2.15. The number of nitrogens with two attached hydrogens (primary N) is 1. The molecular formula is C26H25N3O3.